The predicted octanol–water partition coefficient (Wildman–Crippen LogP) is 1.03. The molecule has 19 heavy (non-hydrogen) atoms. The van der Waals surface area contributed by atoms with E-state index in [1.165, 1.54) is 6.92 Å². The van der Waals surface area contributed by atoms with Crippen LogP contribution < -0.4 is 5.48 Å². The van der Waals surface area contributed by atoms with Crippen LogP contribution in [0.2, 0.25) is 0 Å². The highest BCUT2D eigenvalue weighted by Gasteiger charge is 2.27. The van der Waals surface area contributed by atoms with E-state index in [4.69, 9.17) is 14.7 Å². The van der Waals surface area contributed by atoms with Crippen LogP contribution in [0.3, 0.4) is 0 Å². The van der Waals surface area contributed by atoms with Crippen LogP contribution in [-0.2, 0) is 19.1 Å². The summed E-state index contributed by atoms with van der Waals surface area (Å²) in [6.45, 7) is 2.19. The zero-order chi connectivity index (χ0) is 14.1. The first-order valence-electron chi connectivity index (χ1n) is 6.03. The lowest BCUT2D eigenvalue weighted by molar-refractivity contribution is -0.132. The fourth-order valence-corrected chi connectivity index (χ4v) is 3.93. The first kappa shape index (κ1) is 16.8. The molecular weight excluding hydrogens is 290 g/mol. The SMILES string of the molecule is CC(=O)CCOC1CSSCC1OCCC(=O)NO. The number of hydroxylamine groups is 1. The number of hydrogen-bond donors (Lipinski definition) is 2. The molecule has 2 unspecified atom stereocenters. The third-order valence-electron chi connectivity index (χ3n) is 2.53. The first-order valence-corrected chi connectivity index (χ1v) is 8.52. The standard InChI is InChI=1S/C11H19NO5S2/c1-8(13)2-4-16-9-6-18-19-7-10(9)17-5-3-11(14)12-15/h9-10,15H,2-7H2,1H3,(H,12,14). The lowest BCUT2D eigenvalue weighted by atomic mass is 10.2. The van der Waals surface area contributed by atoms with Crippen molar-refractivity contribution in [1.29, 1.82) is 0 Å². The Morgan fingerprint density at radius 3 is 2.16 bits per heavy atom. The van der Waals surface area contributed by atoms with Gasteiger partial charge in [-0.15, -0.1) is 0 Å². The van der Waals surface area contributed by atoms with E-state index in [0.29, 0.717) is 13.0 Å². The summed E-state index contributed by atoms with van der Waals surface area (Å²) in [7, 11) is 3.42. The second-order valence-corrected chi connectivity index (χ2v) is 6.68. The number of ketones is 1. The molecule has 0 aliphatic carbocycles. The topological polar surface area (TPSA) is 84.9 Å². The molecule has 1 aliphatic rings. The molecule has 1 fully saturated rings. The summed E-state index contributed by atoms with van der Waals surface area (Å²) < 4.78 is 11.3. The van der Waals surface area contributed by atoms with Gasteiger partial charge in [0.25, 0.3) is 0 Å². The van der Waals surface area contributed by atoms with Crippen LogP contribution in [0.4, 0.5) is 0 Å². The van der Waals surface area contributed by atoms with E-state index in [2.05, 4.69) is 0 Å². The van der Waals surface area contributed by atoms with E-state index in [1.807, 2.05) is 0 Å². The number of Topliss-reactive ketones (excluding diaryl/α,β-unsaturated/α-hetero) is 1. The number of ether oxygens (including phenoxy) is 2. The summed E-state index contributed by atoms with van der Waals surface area (Å²) >= 11 is 0. The highest BCUT2D eigenvalue weighted by Crippen LogP contribution is 2.32. The van der Waals surface area contributed by atoms with E-state index >= 15 is 0 Å². The van der Waals surface area contributed by atoms with Gasteiger partial charge in [-0.25, -0.2) is 5.48 Å². The van der Waals surface area contributed by atoms with Crippen molar-refractivity contribution < 1.29 is 24.3 Å². The molecule has 0 radical (unpaired) electrons. The smallest absolute Gasteiger partial charge is 0.245 e. The number of nitrogens with one attached hydrogen (secondary N) is 1. The minimum atomic E-state index is -0.466. The van der Waals surface area contributed by atoms with E-state index in [0.717, 1.165) is 11.5 Å². The molecule has 1 rings (SSSR count). The largest absolute Gasteiger partial charge is 0.374 e. The maximum absolute atomic E-state index is 10.9. The summed E-state index contributed by atoms with van der Waals surface area (Å²) in [5.41, 5.74) is 1.56. The Hall–Kier alpha value is -0.280. The highest BCUT2D eigenvalue weighted by molar-refractivity contribution is 8.76. The van der Waals surface area contributed by atoms with E-state index < -0.39 is 5.91 Å². The van der Waals surface area contributed by atoms with Crippen LogP contribution in [0.5, 0.6) is 0 Å². The number of rotatable bonds is 8. The molecule has 1 heterocycles. The third-order valence-corrected chi connectivity index (χ3v) is 4.95. The molecule has 2 atom stereocenters. The summed E-state index contributed by atoms with van der Waals surface area (Å²) in [4.78, 5) is 21.7. The second-order valence-electron chi connectivity index (χ2n) is 4.12. The molecule has 1 amide bonds. The number of amides is 1. The van der Waals surface area contributed by atoms with Gasteiger partial charge in [-0.3, -0.25) is 14.8 Å². The lowest BCUT2D eigenvalue weighted by Crippen LogP contribution is -2.39. The molecule has 0 saturated carbocycles. The zero-order valence-electron chi connectivity index (χ0n) is 10.8. The van der Waals surface area contributed by atoms with Gasteiger partial charge in [-0.1, -0.05) is 21.6 Å². The maximum Gasteiger partial charge on any atom is 0.245 e. The van der Waals surface area contributed by atoms with Gasteiger partial charge < -0.3 is 9.47 Å². The normalized spacial score (nSPS) is 23.1. The summed E-state index contributed by atoms with van der Waals surface area (Å²) in [5.74, 6) is 1.23. The third kappa shape index (κ3) is 7.17. The van der Waals surface area contributed by atoms with Crippen molar-refractivity contribution in [1.82, 2.24) is 5.48 Å². The van der Waals surface area contributed by atoms with Crippen LogP contribution >= 0.6 is 21.6 Å². The van der Waals surface area contributed by atoms with Gasteiger partial charge in [-0.2, -0.15) is 0 Å². The van der Waals surface area contributed by atoms with Gasteiger partial charge >= 0.3 is 0 Å². The molecule has 110 valence electrons. The Kier molecular flexibility index (Phi) is 8.47. The van der Waals surface area contributed by atoms with Crippen LogP contribution in [0.1, 0.15) is 19.8 Å². The van der Waals surface area contributed by atoms with Gasteiger partial charge in [0.15, 0.2) is 0 Å². The van der Waals surface area contributed by atoms with Gasteiger partial charge in [0, 0.05) is 17.9 Å². The molecule has 6 nitrogen and oxygen atoms in total. The van der Waals surface area contributed by atoms with Crippen molar-refractivity contribution >= 4 is 33.3 Å². The Bertz CT molecular complexity index is 303. The zero-order valence-corrected chi connectivity index (χ0v) is 12.4. The number of carbonyl (C=O) groups is 2. The quantitative estimate of drug-likeness (QED) is 0.393. The Balaban J connectivity index is 2.26. The number of carbonyl (C=O) groups excluding carboxylic acids is 2. The van der Waals surface area contributed by atoms with E-state index in [-0.39, 0.29) is 31.0 Å². The highest BCUT2D eigenvalue weighted by atomic mass is 33.1. The Morgan fingerprint density at radius 2 is 1.68 bits per heavy atom. The fraction of sp³-hybridized carbons (Fsp3) is 0.818. The van der Waals surface area contributed by atoms with E-state index in [9.17, 15) is 9.59 Å². The van der Waals surface area contributed by atoms with Crippen molar-refractivity contribution in [3.63, 3.8) is 0 Å². The maximum atomic E-state index is 10.9. The molecule has 0 aromatic carbocycles. The molecule has 1 saturated heterocycles. The summed E-state index contributed by atoms with van der Waals surface area (Å²) in [6.07, 6.45) is 0.395. The van der Waals surface area contributed by atoms with Crippen molar-refractivity contribution in [2.45, 2.75) is 32.0 Å². The predicted molar refractivity (Wildman–Crippen MR) is 74.2 cm³/mol. The fourth-order valence-electron chi connectivity index (χ4n) is 1.47. The van der Waals surface area contributed by atoms with Gasteiger partial charge in [0.2, 0.25) is 5.91 Å². The van der Waals surface area contributed by atoms with Crippen LogP contribution in [-0.4, -0.2) is 53.8 Å². The molecule has 2 N–H and O–H groups in total. The minimum absolute atomic E-state index is 0.0530. The molecule has 1 aliphatic heterocycles. The second kappa shape index (κ2) is 9.60. The van der Waals surface area contributed by atoms with Crippen molar-refractivity contribution in [2.75, 3.05) is 24.7 Å². The average Bonchev–Trinajstić information content (AvgIpc) is 2.40. The average molecular weight is 309 g/mol. The molecule has 8 heteroatoms. The summed E-state index contributed by atoms with van der Waals surface area (Å²) in [6, 6.07) is 0. The Labute approximate surface area is 120 Å². The molecule has 0 bridgehead atoms. The minimum Gasteiger partial charge on any atom is -0.374 e. The number of hydrogen-bond acceptors (Lipinski definition) is 7. The lowest BCUT2D eigenvalue weighted by Gasteiger charge is -2.30. The van der Waals surface area contributed by atoms with E-state index in [1.54, 1.807) is 27.1 Å². The van der Waals surface area contributed by atoms with Crippen LogP contribution in [0.25, 0.3) is 0 Å². The van der Waals surface area contributed by atoms with Gasteiger partial charge in [0.1, 0.15) is 5.78 Å². The van der Waals surface area contributed by atoms with Crippen LogP contribution in [0, 0.1) is 0 Å². The van der Waals surface area contributed by atoms with Crippen molar-refractivity contribution in [3.05, 3.63) is 0 Å². The van der Waals surface area contributed by atoms with Crippen molar-refractivity contribution in [3.8, 4) is 0 Å². The van der Waals surface area contributed by atoms with Crippen molar-refractivity contribution in [2.24, 2.45) is 0 Å². The molecule has 0 spiro atoms. The van der Waals surface area contributed by atoms with Gasteiger partial charge in [0.05, 0.1) is 31.8 Å². The monoisotopic (exact) mass is 309 g/mol. The van der Waals surface area contributed by atoms with Crippen LogP contribution in [0.15, 0.2) is 0 Å². The Morgan fingerprint density at radius 1 is 1.16 bits per heavy atom. The first-order chi connectivity index (χ1) is 9.13. The molecule has 0 aromatic rings. The molecule has 0 aromatic heterocycles. The van der Waals surface area contributed by atoms with Gasteiger partial charge in [-0.05, 0) is 6.92 Å². The summed E-state index contributed by atoms with van der Waals surface area (Å²) in [5, 5.41) is 8.37. The molecular formula is C11H19NO5S2.